The minimum atomic E-state index is 0.726. The topological polar surface area (TPSA) is 17.8 Å². The van der Waals surface area contributed by atoms with Crippen molar-refractivity contribution in [1.82, 2.24) is 9.55 Å². The van der Waals surface area contributed by atoms with Crippen LogP contribution in [0.15, 0.2) is 53.7 Å². The van der Waals surface area contributed by atoms with Crippen molar-refractivity contribution >= 4 is 35.0 Å². The van der Waals surface area contributed by atoms with Crippen molar-refractivity contribution in [2.45, 2.75) is 11.7 Å². The predicted molar refractivity (Wildman–Crippen MR) is 93.8 cm³/mol. The van der Waals surface area contributed by atoms with Gasteiger partial charge in [-0.05, 0) is 18.2 Å². The Balaban J connectivity index is 1.97. The molecule has 3 aromatic rings. The second kappa shape index (κ2) is 5.65. The number of thioether (sulfide) groups is 1. The molecule has 110 valence electrons. The maximum Gasteiger partial charge on any atom is 0.169 e. The van der Waals surface area contributed by atoms with Gasteiger partial charge in [-0.2, -0.15) is 0 Å². The Morgan fingerprint density at radius 1 is 1.00 bits per heavy atom. The Bertz CT molecular complexity index is 840. The summed E-state index contributed by atoms with van der Waals surface area (Å²) in [6.45, 7) is 0.959. The maximum absolute atomic E-state index is 6.43. The molecule has 0 N–H and O–H groups in total. The van der Waals surface area contributed by atoms with Crippen LogP contribution in [0.4, 0.5) is 0 Å². The summed E-state index contributed by atoms with van der Waals surface area (Å²) in [6, 6.07) is 15.7. The van der Waals surface area contributed by atoms with Gasteiger partial charge >= 0.3 is 0 Å². The van der Waals surface area contributed by atoms with E-state index in [1.54, 1.807) is 11.8 Å². The van der Waals surface area contributed by atoms with Gasteiger partial charge in [0.25, 0.3) is 0 Å². The number of nitrogens with zero attached hydrogens (tertiary/aromatic N) is 2. The van der Waals surface area contributed by atoms with Crippen LogP contribution in [-0.4, -0.2) is 15.3 Å². The molecular weight excluding hydrogens is 335 g/mol. The van der Waals surface area contributed by atoms with Crippen LogP contribution in [0.3, 0.4) is 0 Å². The zero-order valence-corrected chi connectivity index (χ0v) is 13.9. The molecule has 2 nitrogen and oxygen atoms in total. The fraction of sp³-hybridized carbons (Fsp3) is 0.118. The van der Waals surface area contributed by atoms with Crippen molar-refractivity contribution in [3.8, 4) is 22.5 Å². The van der Waals surface area contributed by atoms with Gasteiger partial charge in [0.15, 0.2) is 5.16 Å². The van der Waals surface area contributed by atoms with E-state index < -0.39 is 0 Å². The summed E-state index contributed by atoms with van der Waals surface area (Å²) >= 11 is 14.2. The van der Waals surface area contributed by atoms with E-state index in [1.165, 1.54) is 0 Å². The number of halogens is 2. The quantitative estimate of drug-likeness (QED) is 0.598. The first-order valence-corrected chi connectivity index (χ1v) is 8.72. The Hall–Kier alpha value is -1.42. The van der Waals surface area contributed by atoms with Crippen LogP contribution in [0, 0.1) is 0 Å². The first-order valence-electron chi connectivity index (χ1n) is 6.98. The lowest BCUT2D eigenvalue weighted by Gasteiger charge is -2.10. The zero-order valence-electron chi connectivity index (χ0n) is 11.6. The molecule has 0 aliphatic carbocycles. The summed E-state index contributed by atoms with van der Waals surface area (Å²) in [4.78, 5) is 4.83. The van der Waals surface area contributed by atoms with Crippen LogP contribution in [0.25, 0.3) is 22.5 Å². The summed E-state index contributed by atoms with van der Waals surface area (Å²) in [5, 5.41) is 2.53. The average Bonchev–Trinajstić information content (AvgIpc) is 3.10. The fourth-order valence-electron chi connectivity index (χ4n) is 2.71. The standard InChI is InChI=1S/C17H12Cl2N2S/c18-12-7-5-11(6-8-12)15-16(13-3-1-2-4-14(13)19)21-9-10-22-17(21)20-15/h1-8H,9-10H2. The van der Waals surface area contributed by atoms with Gasteiger partial charge in [0, 0.05) is 33.5 Å². The molecule has 5 heteroatoms. The van der Waals surface area contributed by atoms with E-state index in [2.05, 4.69) is 10.6 Å². The van der Waals surface area contributed by atoms with Crippen molar-refractivity contribution in [2.75, 3.05) is 5.75 Å². The van der Waals surface area contributed by atoms with Crippen LogP contribution in [-0.2, 0) is 6.54 Å². The van der Waals surface area contributed by atoms with Gasteiger partial charge in [0.1, 0.15) is 0 Å². The number of hydrogen-bond acceptors (Lipinski definition) is 2. The highest BCUT2D eigenvalue weighted by Crippen LogP contribution is 2.41. The van der Waals surface area contributed by atoms with E-state index in [0.29, 0.717) is 0 Å². The second-order valence-electron chi connectivity index (χ2n) is 5.08. The predicted octanol–water partition coefficient (Wildman–Crippen LogP) is 5.63. The smallest absolute Gasteiger partial charge is 0.169 e. The summed E-state index contributed by atoms with van der Waals surface area (Å²) in [6.07, 6.45) is 0. The number of aromatic nitrogens is 2. The Morgan fingerprint density at radius 2 is 1.77 bits per heavy atom. The van der Waals surface area contributed by atoms with E-state index in [0.717, 1.165) is 50.0 Å². The minimum Gasteiger partial charge on any atom is -0.318 e. The molecule has 1 aliphatic heterocycles. The molecule has 0 amide bonds. The van der Waals surface area contributed by atoms with Gasteiger partial charge in [-0.1, -0.05) is 65.3 Å². The largest absolute Gasteiger partial charge is 0.318 e. The molecule has 0 unspecified atom stereocenters. The molecule has 2 aromatic carbocycles. The van der Waals surface area contributed by atoms with Gasteiger partial charge in [0.05, 0.1) is 11.4 Å². The molecule has 0 bridgehead atoms. The van der Waals surface area contributed by atoms with E-state index in [9.17, 15) is 0 Å². The molecule has 0 fully saturated rings. The monoisotopic (exact) mass is 346 g/mol. The molecular formula is C17H12Cl2N2S. The van der Waals surface area contributed by atoms with Gasteiger partial charge in [-0.15, -0.1) is 0 Å². The van der Waals surface area contributed by atoms with E-state index >= 15 is 0 Å². The Morgan fingerprint density at radius 3 is 2.55 bits per heavy atom. The number of hydrogen-bond donors (Lipinski definition) is 0. The lowest BCUT2D eigenvalue weighted by Crippen LogP contribution is -1.98. The zero-order chi connectivity index (χ0) is 15.1. The highest BCUT2D eigenvalue weighted by molar-refractivity contribution is 7.99. The van der Waals surface area contributed by atoms with Crippen LogP contribution >= 0.6 is 35.0 Å². The van der Waals surface area contributed by atoms with Crippen LogP contribution < -0.4 is 0 Å². The molecule has 0 radical (unpaired) electrons. The van der Waals surface area contributed by atoms with Crippen LogP contribution in [0.1, 0.15) is 0 Å². The third kappa shape index (κ3) is 2.34. The lowest BCUT2D eigenvalue weighted by atomic mass is 10.0. The molecule has 1 aromatic heterocycles. The second-order valence-corrected chi connectivity index (χ2v) is 6.98. The molecule has 0 saturated heterocycles. The molecule has 22 heavy (non-hydrogen) atoms. The number of fused-ring (bicyclic) bond motifs is 1. The van der Waals surface area contributed by atoms with Crippen molar-refractivity contribution in [2.24, 2.45) is 0 Å². The van der Waals surface area contributed by atoms with Gasteiger partial charge in [-0.25, -0.2) is 4.98 Å². The average molecular weight is 347 g/mol. The third-order valence-corrected chi connectivity index (χ3v) is 5.26. The van der Waals surface area contributed by atoms with Gasteiger partial charge in [0.2, 0.25) is 0 Å². The summed E-state index contributed by atoms with van der Waals surface area (Å²) in [7, 11) is 0. The van der Waals surface area contributed by atoms with Crippen LogP contribution in [0.2, 0.25) is 10.0 Å². The molecule has 1 aliphatic rings. The minimum absolute atomic E-state index is 0.726. The first-order chi connectivity index (χ1) is 10.7. The number of rotatable bonds is 2. The van der Waals surface area contributed by atoms with Crippen LogP contribution in [0.5, 0.6) is 0 Å². The van der Waals surface area contributed by atoms with E-state index in [1.807, 2.05) is 42.5 Å². The Labute approximate surface area is 143 Å². The summed E-state index contributed by atoms with van der Waals surface area (Å²) < 4.78 is 2.26. The lowest BCUT2D eigenvalue weighted by molar-refractivity contribution is 0.726. The Kier molecular flexibility index (Phi) is 3.65. The fourth-order valence-corrected chi connectivity index (χ4v) is 4.02. The number of benzene rings is 2. The van der Waals surface area contributed by atoms with E-state index in [-0.39, 0.29) is 0 Å². The summed E-state index contributed by atoms with van der Waals surface area (Å²) in [5.41, 5.74) is 4.14. The van der Waals surface area contributed by atoms with E-state index in [4.69, 9.17) is 28.2 Å². The van der Waals surface area contributed by atoms with Gasteiger partial charge < -0.3 is 4.57 Å². The van der Waals surface area contributed by atoms with Gasteiger partial charge in [-0.3, -0.25) is 0 Å². The first kappa shape index (κ1) is 14.2. The summed E-state index contributed by atoms with van der Waals surface area (Å²) in [5.74, 6) is 1.06. The molecule has 0 atom stereocenters. The highest BCUT2D eigenvalue weighted by Gasteiger charge is 2.24. The highest BCUT2D eigenvalue weighted by atomic mass is 35.5. The molecule has 0 spiro atoms. The molecule has 2 heterocycles. The van der Waals surface area contributed by atoms with Crippen molar-refractivity contribution < 1.29 is 0 Å². The van der Waals surface area contributed by atoms with Crippen molar-refractivity contribution in [3.05, 3.63) is 58.6 Å². The SMILES string of the molecule is Clc1ccc(-c2nc3n(c2-c2ccccc2Cl)CCS3)cc1. The number of imidazole rings is 1. The van der Waals surface area contributed by atoms with Crippen molar-refractivity contribution in [1.29, 1.82) is 0 Å². The maximum atomic E-state index is 6.43. The molecule has 4 rings (SSSR count). The normalized spacial score (nSPS) is 13.4. The van der Waals surface area contributed by atoms with Crippen molar-refractivity contribution in [3.63, 3.8) is 0 Å². The third-order valence-electron chi connectivity index (χ3n) is 3.73. The molecule has 0 saturated carbocycles.